The first-order valence-corrected chi connectivity index (χ1v) is 11.8. The second kappa shape index (κ2) is 9.75. The molecule has 0 aromatic heterocycles. The standard InChI is InChI=1S/C28H32N2O3/c1-21(2)23-8-10-24(11-9-23)30-15-14-29(17-22-6-4-3-5-7-22)18-25(30)19-31-26-12-13-27-28(16-26)33-20-32-27/h3-13,16,21,25H,14-15,17-20H2,1-2H3. The first-order valence-electron chi connectivity index (χ1n) is 11.8. The molecule has 0 bridgehead atoms. The van der Waals surface area contributed by atoms with E-state index in [1.54, 1.807) is 0 Å². The molecule has 3 aromatic rings. The van der Waals surface area contributed by atoms with Crippen LogP contribution in [0.1, 0.15) is 30.9 Å². The zero-order valence-electron chi connectivity index (χ0n) is 19.4. The summed E-state index contributed by atoms with van der Waals surface area (Å²) in [6, 6.07) is 25.8. The molecule has 0 spiro atoms. The Kier molecular flexibility index (Phi) is 6.40. The van der Waals surface area contributed by atoms with Gasteiger partial charge in [-0.25, -0.2) is 0 Å². The molecule has 0 radical (unpaired) electrons. The largest absolute Gasteiger partial charge is 0.491 e. The Hall–Kier alpha value is -3.18. The Labute approximate surface area is 196 Å². The van der Waals surface area contributed by atoms with Crippen LogP contribution in [0.25, 0.3) is 0 Å². The van der Waals surface area contributed by atoms with E-state index < -0.39 is 0 Å². The third-order valence-electron chi connectivity index (χ3n) is 6.49. The van der Waals surface area contributed by atoms with Crippen LogP contribution in [0, 0.1) is 0 Å². The van der Waals surface area contributed by atoms with Crippen molar-refractivity contribution in [2.24, 2.45) is 0 Å². The summed E-state index contributed by atoms with van der Waals surface area (Å²) in [7, 11) is 0. The third kappa shape index (κ3) is 5.09. The van der Waals surface area contributed by atoms with E-state index in [9.17, 15) is 0 Å². The fourth-order valence-corrected chi connectivity index (χ4v) is 4.60. The van der Waals surface area contributed by atoms with Crippen LogP contribution < -0.4 is 19.1 Å². The number of ether oxygens (including phenoxy) is 3. The molecule has 0 amide bonds. The van der Waals surface area contributed by atoms with Crippen molar-refractivity contribution in [1.29, 1.82) is 0 Å². The van der Waals surface area contributed by atoms with Crippen LogP contribution in [-0.4, -0.2) is 44.0 Å². The van der Waals surface area contributed by atoms with Crippen LogP contribution in [0.15, 0.2) is 72.8 Å². The molecular weight excluding hydrogens is 412 g/mol. The molecule has 1 atom stereocenters. The van der Waals surface area contributed by atoms with E-state index in [1.807, 2.05) is 18.2 Å². The molecule has 5 heteroatoms. The lowest BCUT2D eigenvalue weighted by atomic mass is 10.0. The highest BCUT2D eigenvalue weighted by molar-refractivity contribution is 5.50. The zero-order chi connectivity index (χ0) is 22.6. The number of anilines is 1. The summed E-state index contributed by atoms with van der Waals surface area (Å²) in [4.78, 5) is 5.03. The Morgan fingerprint density at radius 1 is 0.909 bits per heavy atom. The fourth-order valence-electron chi connectivity index (χ4n) is 4.60. The van der Waals surface area contributed by atoms with Gasteiger partial charge in [-0.1, -0.05) is 56.3 Å². The van der Waals surface area contributed by atoms with Gasteiger partial charge in [0.05, 0.1) is 6.04 Å². The predicted molar refractivity (Wildman–Crippen MR) is 131 cm³/mol. The highest BCUT2D eigenvalue weighted by Gasteiger charge is 2.28. The van der Waals surface area contributed by atoms with Crippen LogP contribution >= 0.6 is 0 Å². The summed E-state index contributed by atoms with van der Waals surface area (Å²) < 4.78 is 17.2. The summed E-state index contributed by atoms with van der Waals surface area (Å²) in [6.45, 7) is 9.27. The molecule has 3 aromatic carbocycles. The van der Waals surface area contributed by atoms with E-state index in [-0.39, 0.29) is 12.8 Å². The lowest BCUT2D eigenvalue weighted by molar-refractivity contribution is 0.171. The van der Waals surface area contributed by atoms with E-state index in [4.69, 9.17) is 14.2 Å². The third-order valence-corrected chi connectivity index (χ3v) is 6.49. The van der Waals surface area contributed by atoms with Crippen molar-refractivity contribution in [3.05, 3.63) is 83.9 Å². The van der Waals surface area contributed by atoms with Crippen molar-refractivity contribution in [1.82, 2.24) is 4.90 Å². The second-order valence-corrected chi connectivity index (χ2v) is 9.14. The van der Waals surface area contributed by atoms with Crippen LogP contribution in [0.4, 0.5) is 5.69 Å². The molecule has 1 unspecified atom stereocenters. The first-order chi connectivity index (χ1) is 16.2. The van der Waals surface area contributed by atoms with Crippen molar-refractivity contribution in [2.75, 3.05) is 37.9 Å². The minimum atomic E-state index is 0.248. The van der Waals surface area contributed by atoms with Gasteiger partial charge in [-0.05, 0) is 41.3 Å². The van der Waals surface area contributed by atoms with Crippen molar-refractivity contribution in [3.8, 4) is 17.2 Å². The number of fused-ring (bicyclic) bond motifs is 1. The average molecular weight is 445 g/mol. The number of hydrogen-bond donors (Lipinski definition) is 0. The first kappa shape index (κ1) is 21.7. The number of hydrogen-bond acceptors (Lipinski definition) is 5. The van der Waals surface area contributed by atoms with Crippen LogP contribution in [0.2, 0.25) is 0 Å². The SMILES string of the molecule is CC(C)c1ccc(N2CCN(Cc3ccccc3)CC2COc2ccc3c(c2)OCO3)cc1. The van der Waals surface area contributed by atoms with Gasteiger partial charge in [0.2, 0.25) is 6.79 Å². The Balaban J connectivity index is 1.32. The molecule has 33 heavy (non-hydrogen) atoms. The van der Waals surface area contributed by atoms with Gasteiger partial charge in [0.25, 0.3) is 0 Å². The van der Waals surface area contributed by atoms with Gasteiger partial charge in [-0.15, -0.1) is 0 Å². The molecule has 172 valence electrons. The summed E-state index contributed by atoms with van der Waals surface area (Å²) in [5.74, 6) is 2.88. The molecule has 5 nitrogen and oxygen atoms in total. The predicted octanol–water partition coefficient (Wildman–Crippen LogP) is 5.31. The molecule has 2 heterocycles. The highest BCUT2D eigenvalue weighted by atomic mass is 16.7. The molecule has 2 aliphatic heterocycles. The van der Waals surface area contributed by atoms with Gasteiger partial charge in [0.15, 0.2) is 11.5 Å². The monoisotopic (exact) mass is 444 g/mol. The average Bonchev–Trinajstić information content (AvgIpc) is 3.32. The van der Waals surface area contributed by atoms with Crippen LogP contribution in [-0.2, 0) is 6.54 Å². The van der Waals surface area contributed by atoms with E-state index in [0.717, 1.165) is 43.4 Å². The maximum absolute atomic E-state index is 6.28. The number of piperazine rings is 1. The lowest BCUT2D eigenvalue weighted by Crippen LogP contribution is -2.55. The fraction of sp³-hybridized carbons (Fsp3) is 0.357. The Bertz CT molecular complexity index is 1050. The number of nitrogens with zero attached hydrogens (tertiary/aromatic N) is 2. The van der Waals surface area contributed by atoms with E-state index in [1.165, 1.54) is 16.8 Å². The molecule has 1 saturated heterocycles. The number of rotatable bonds is 7. The lowest BCUT2D eigenvalue weighted by Gasteiger charge is -2.42. The van der Waals surface area contributed by atoms with Gasteiger partial charge >= 0.3 is 0 Å². The van der Waals surface area contributed by atoms with Crippen molar-refractivity contribution < 1.29 is 14.2 Å². The zero-order valence-corrected chi connectivity index (χ0v) is 19.4. The van der Waals surface area contributed by atoms with Crippen LogP contribution in [0.5, 0.6) is 17.2 Å². The van der Waals surface area contributed by atoms with E-state index >= 15 is 0 Å². The Morgan fingerprint density at radius 2 is 1.70 bits per heavy atom. The second-order valence-electron chi connectivity index (χ2n) is 9.14. The normalized spacial score (nSPS) is 18.0. The summed E-state index contributed by atoms with van der Waals surface area (Å²) in [5.41, 5.74) is 3.98. The molecule has 2 aliphatic rings. The quantitative estimate of drug-likeness (QED) is 0.493. The van der Waals surface area contributed by atoms with Gasteiger partial charge in [-0.3, -0.25) is 4.90 Å². The van der Waals surface area contributed by atoms with E-state index in [0.29, 0.717) is 12.5 Å². The molecule has 0 N–H and O–H groups in total. The van der Waals surface area contributed by atoms with Gasteiger partial charge in [-0.2, -0.15) is 0 Å². The smallest absolute Gasteiger partial charge is 0.231 e. The summed E-state index contributed by atoms with van der Waals surface area (Å²) >= 11 is 0. The maximum Gasteiger partial charge on any atom is 0.231 e. The molecule has 1 fully saturated rings. The number of benzene rings is 3. The van der Waals surface area contributed by atoms with Gasteiger partial charge in [0, 0.05) is 37.9 Å². The van der Waals surface area contributed by atoms with Crippen molar-refractivity contribution >= 4 is 5.69 Å². The summed E-state index contributed by atoms with van der Waals surface area (Å²) in [6.07, 6.45) is 0. The Morgan fingerprint density at radius 3 is 2.48 bits per heavy atom. The topological polar surface area (TPSA) is 34.2 Å². The van der Waals surface area contributed by atoms with Gasteiger partial charge in [0.1, 0.15) is 12.4 Å². The van der Waals surface area contributed by atoms with E-state index in [2.05, 4.69) is 78.2 Å². The van der Waals surface area contributed by atoms with Crippen molar-refractivity contribution in [2.45, 2.75) is 32.4 Å². The molecule has 5 rings (SSSR count). The summed E-state index contributed by atoms with van der Waals surface area (Å²) in [5, 5.41) is 0. The minimum absolute atomic E-state index is 0.248. The highest BCUT2D eigenvalue weighted by Crippen LogP contribution is 2.35. The molecule has 0 aliphatic carbocycles. The van der Waals surface area contributed by atoms with Crippen LogP contribution in [0.3, 0.4) is 0 Å². The molecule has 0 saturated carbocycles. The van der Waals surface area contributed by atoms with Gasteiger partial charge < -0.3 is 19.1 Å². The maximum atomic E-state index is 6.28. The van der Waals surface area contributed by atoms with Crippen molar-refractivity contribution in [3.63, 3.8) is 0 Å². The molecular formula is C28H32N2O3. The minimum Gasteiger partial charge on any atom is -0.491 e.